The summed E-state index contributed by atoms with van der Waals surface area (Å²) >= 11 is 0. The van der Waals surface area contributed by atoms with Gasteiger partial charge in [0.05, 0.1) is 18.7 Å². The minimum Gasteiger partial charge on any atom is -0.408 e. The van der Waals surface area contributed by atoms with Gasteiger partial charge in [0.15, 0.2) is 5.58 Å². The van der Waals surface area contributed by atoms with E-state index in [0.717, 1.165) is 0 Å². The number of hydrogen-bond acceptors (Lipinski definition) is 5. The molecular formula is C17H21N3O5. The van der Waals surface area contributed by atoms with Gasteiger partial charge in [0.1, 0.15) is 6.04 Å². The lowest BCUT2D eigenvalue weighted by Gasteiger charge is -2.29. The number of fused-ring (bicyclic) bond motifs is 1. The standard InChI is InChI=1S/C17H21N3O5/c1-12(16(22)19-8-10-24-11-9-19)18-15(21)6-7-20-13-4-2-3-5-14(13)25-17(20)23/h2-5,12H,6-11H2,1H3,(H,18,21)/t12-/m0/s1. The third-order valence-corrected chi connectivity index (χ3v) is 4.21. The number of nitrogens with zero attached hydrogens (tertiary/aromatic N) is 2. The van der Waals surface area contributed by atoms with E-state index in [-0.39, 0.29) is 24.8 Å². The van der Waals surface area contributed by atoms with Gasteiger partial charge in [-0.3, -0.25) is 14.2 Å². The molecule has 2 aromatic rings. The summed E-state index contributed by atoms with van der Waals surface area (Å²) in [7, 11) is 0. The smallest absolute Gasteiger partial charge is 0.408 e. The van der Waals surface area contributed by atoms with Crippen molar-refractivity contribution in [2.45, 2.75) is 25.9 Å². The predicted molar refractivity (Wildman–Crippen MR) is 90.1 cm³/mol. The highest BCUT2D eigenvalue weighted by Crippen LogP contribution is 2.12. The van der Waals surface area contributed by atoms with Crippen molar-refractivity contribution in [2.75, 3.05) is 26.3 Å². The lowest BCUT2D eigenvalue weighted by atomic mass is 10.2. The predicted octanol–water partition coefficient (Wildman–Crippen LogP) is 0.348. The molecule has 0 spiro atoms. The number of rotatable bonds is 5. The first-order chi connectivity index (χ1) is 12.1. The largest absolute Gasteiger partial charge is 0.419 e. The van der Waals surface area contributed by atoms with Gasteiger partial charge in [0.25, 0.3) is 0 Å². The van der Waals surface area contributed by atoms with Gasteiger partial charge in [-0.25, -0.2) is 4.79 Å². The Hall–Kier alpha value is -2.61. The second kappa shape index (κ2) is 7.52. The van der Waals surface area contributed by atoms with Gasteiger partial charge in [-0.05, 0) is 19.1 Å². The number of ether oxygens (including phenoxy) is 1. The average molecular weight is 347 g/mol. The van der Waals surface area contributed by atoms with Crippen LogP contribution in [-0.4, -0.2) is 53.6 Å². The van der Waals surface area contributed by atoms with Crippen molar-refractivity contribution >= 4 is 22.9 Å². The summed E-state index contributed by atoms with van der Waals surface area (Å²) in [4.78, 5) is 38.0. The monoisotopic (exact) mass is 347 g/mol. The quantitative estimate of drug-likeness (QED) is 0.842. The lowest BCUT2D eigenvalue weighted by molar-refractivity contribution is -0.139. The topological polar surface area (TPSA) is 93.8 Å². The first-order valence-electron chi connectivity index (χ1n) is 8.30. The maximum absolute atomic E-state index is 12.3. The summed E-state index contributed by atoms with van der Waals surface area (Å²) in [6, 6.07) is 6.44. The number of morpholine rings is 1. The number of carbonyl (C=O) groups excluding carboxylic acids is 2. The normalized spacial score (nSPS) is 16.0. The van der Waals surface area contributed by atoms with Gasteiger partial charge in [0.2, 0.25) is 11.8 Å². The van der Waals surface area contributed by atoms with Crippen LogP contribution in [0.5, 0.6) is 0 Å². The van der Waals surface area contributed by atoms with E-state index >= 15 is 0 Å². The Bertz CT molecular complexity index is 819. The molecule has 0 bridgehead atoms. The molecule has 0 unspecified atom stereocenters. The lowest BCUT2D eigenvalue weighted by Crippen LogP contribution is -2.50. The van der Waals surface area contributed by atoms with Crippen molar-refractivity contribution < 1.29 is 18.7 Å². The molecule has 1 aromatic carbocycles. The number of aromatic nitrogens is 1. The molecule has 3 rings (SSSR count). The molecule has 25 heavy (non-hydrogen) atoms. The molecule has 1 saturated heterocycles. The molecule has 0 saturated carbocycles. The first-order valence-corrected chi connectivity index (χ1v) is 8.30. The minimum absolute atomic E-state index is 0.0875. The van der Waals surface area contributed by atoms with E-state index in [2.05, 4.69) is 5.32 Å². The number of amides is 2. The van der Waals surface area contributed by atoms with Gasteiger partial charge in [-0.2, -0.15) is 0 Å². The van der Waals surface area contributed by atoms with Gasteiger partial charge < -0.3 is 19.4 Å². The summed E-state index contributed by atoms with van der Waals surface area (Å²) in [6.07, 6.45) is 0.0875. The van der Waals surface area contributed by atoms with E-state index in [4.69, 9.17) is 9.15 Å². The molecule has 2 amide bonds. The summed E-state index contributed by atoms with van der Waals surface area (Å²) in [5.74, 6) is -0.902. The Labute approximate surface area is 144 Å². The third kappa shape index (κ3) is 3.90. The van der Waals surface area contributed by atoms with E-state index in [1.54, 1.807) is 36.1 Å². The maximum Gasteiger partial charge on any atom is 0.419 e. The molecule has 0 aliphatic carbocycles. The Morgan fingerprint density at radius 2 is 1.96 bits per heavy atom. The zero-order valence-corrected chi connectivity index (χ0v) is 14.1. The van der Waals surface area contributed by atoms with E-state index in [9.17, 15) is 14.4 Å². The number of carbonyl (C=O) groups is 2. The van der Waals surface area contributed by atoms with Crippen LogP contribution in [0.15, 0.2) is 33.5 Å². The molecule has 1 atom stereocenters. The van der Waals surface area contributed by atoms with Crippen LogP contribution in [0.25, 0.3) is 11.1 Å². The number of benzene rings is 1. The molecule has 1 aromatic heterocycles. The van der Waals surface area contributed by atoms with Crippen molar-refractivity contribution in [3.63, 3.8) is 0 Å². The Morgan fingerprint density at radius 3 is 2.72 bits per heavy atom. The fraction of sp³-hybridized carbons (Fsp3) is 0.471. The Morgan fingerprint density at radius 1 is 1.24 bits per heavy atom. The molecule has 1 aliphatic rings. The summed E-state index contributed by atoms with van der Waals surface area (Å²) < 4.78 is 11.8. The molecule has 8 nitrogen and oxygen atoms in total. The molecule has 2 heterocycles. The van der Waals surface area contributed by atoms with Crippen molar-refractivity contribution in [2.24, 2.45) is 0 Å². The fourth-order valence-electron chi connectivity index (χ4n) is 2.87. The number of aryl methyl sites for hydroxylation is 1. The summed E-state index contributed by atoms with van der Waals surface area (Å²) in [6.45, 7) is 3.96. The third-order valence-electron chi connectivity index (χ3n) is 4.21. The maximum atomic E-state index is 12.3. The van der Waals surface area contributed by atoms with Crippen LogP contribution in [-0.2, 0) is 20.9 Å². The Kier molecular flexibility index (Phi) is 5.18. The number of hydrogen-bond donors (Lipinski definition) is 1. The SMILES string of the molecule is C[C@H](NC(=O)CCn1c(=O)oc2ccccc21)C(=O)N1CCOCC1. The first kappa shape index (κ1) is 17.2. The van der Waals surface area contributed by atoms with Crippen LogP contribution in [0.4, 0.5) is 0 Å². The van der Waals surface area contributed by atoms with Crippen molar-refractivity contribution in [1.82, 2.24) is 14.8 Å². The molecule has 1 fully saturated rings. The second-order valence-electron chi connectivity index (χ2n) is 5.96. The number of nitrogens with one attached hydrogen (secondary N) is 1. The van der Waals surface area contributed by atoms with Crippen LogP contribution in [0.1, 0.15) is 13.3 Å². The zero-order chi connectivity index (χ0) is 17.8. The molecule has 8 heteroatoms. The fourth-order valence-corrected chi connectivity index (χ4v) is 2.87. The summed E-state index contributed by atoms with van der Waals surface area (Å²) in [5, 5.41) is 2.69. The zero-order valence-electron chi connectivity index (χ0n) is 14.1. The number of para-hydroxylation sites is 2. The molecule has 0 radical (unpaired) electrons. The highest BCUT2D eigenvalue weighted by atomic mass is 16.5. The second-order valence-corrected chi connectivity index (χ2v) is 5.96. The highest BCUT2D eigenvalue weighted by molar-refractivity contribution is 5.87. The van der Waals surface area contributed by atoms with Crippen LogP contribution in [0.3, 0.4) is 0 Å². The van der Waals surface area contributed by atoms with Crippen molar-refractivity contribution in [1.29, 1.82) is 0 Å². The van der Waals surface area contributed by atoms with Crippen LogP contribution in [0.2, 0.25) is 0 Å². The van der Waals surface area contributed by atoms with Gasteiger partial charge >= 0.3 is 5.76 Å². The molecule has 1 N–H and O–H groups in total. The minimum atomic E-state index is -0.608. The van der Waals surface area contributed by atoms with Crippen LogP contribution < -0.4 is 11.1 Å². The van der Waals surface area contributed by atoms with Crippen molar-refractivity contribution in [3.05, 3.63) is 34.8 Å². The molecular weight excluding hydrogens is 326 g/mol. The van der Waals surface area contributed by atoms with E-state index in [1.807, 2.05) is 0 Å². The van der Waals surface area contributed by atoms with Crippen LogP contribution >= 0.6 is 0 Å². The average Bonchev–Trinajstić information content (AvgIpc) is 2.95. The van der Waals surface area contributed by atoms with Gasteiger partial charge in [-0.15, -0.1) is 0 Å². The van der Waals surface area contributed by atoms with Crippen molar-refractivity contribution in [3.8, 4) is 0 Å². The van der Waals surface area contributed by atoms with E-state index in [1.165, 1.54) is 4.57 Å². The van der Waals surface area contributed by atoms with E-state index < -0.39 is 11.8 Å². The van der Waals surface area contributed by atoms with Gasteiger partial charge in [0, 0.05) is 26.1 Å². The number of oxazole rings is 1. The van der Waals surface area contributed by atoms with Crippen LogP contribution in [0, 0.1) is 0 Å². The van der Waals surface area contributed by atoms with Gasteiger partial charge in [-0.1, -0.05) is 12.1 Å². The van der Waals surface area contributed by atoms with E-state index in [0.29, 0.717) is 37.4 Å². The molecule has 1 aliphatic heterocycles. The Balaban J connectivity index is 1.56. The summed E-state index contributed by atoms with van der Waals surface area (Å²) in [5.41, 5.74) is 1.14. The molecule has 134 valence electrons. The highest BCUT2D eigenvalue weighted by Gasteiger charge is 2.23.